The van der Waals surface area contributed by atoms with E-state index in [2.05, 4.69) is 15.0 Å². The number of carbonyl (C=O) groups excluding carboxylic acids is 1. The molecule has 2 aromatic carbocycles. The summed E-state index contributed by atoms with van der Waals surface area (Å²) >= 11 is 0. The standard InChI is InChI=1S/C28H29FN6O4/c1-28(2,3)39-27(37)35-17-9-10-34(35)15-33(14-17)25-21-13-30-23(22(29)24(21)31-26(32-25)38-4)20-12-18(36)11-16-7-5-6-8-19(16)20/h5-8,11-13,17,36H,9-10,14-15H2,1-4H3. The molecule has 2 aromatic heterocycles. The van der Waals surface area contributed by atoms with Crippen LogP contribution in [0.3, 0.4) is 0 Å². The van der Waals surface area contributed by atoms with E-state index in [-0.39, 0.29) is 35.1 Å². The molecule has 0 aliphatic carbocycles. The van der Waals surface area contributed by atoms with Gasteiger partial charge in [-0.25, -0.2) is 14.2 Å². The smallest absolute Gasteiger partial charge is 0.425 e. The van der Waals surface area contributed by atoms with Crippen LogP contribution in [-0.2, 0) is 4.74 Å². The summed E-state index contributed by atoms with van der Waals surface area (Å²) in [6.45, 7) is 7.03. The number of amides is 1. The minimum atomic E-state index is -0.638. The van der Waals surface area contributed by atoms with Crippen molar-refractivity contribution in [3.63, 3.8) is 0 Å². The van der Waals surface area contributed by atoms with Gasteiger partial charge in [-0.2, -0.15) is 15.0 Å². The van der Waals surface area contributed by atoms with E-state index < -0.39 is 11.4 Å². The molecule has 2 fully saturated rings. The Morgan fingerprint density at radius 1 is 1.15 bits per heavy atom. The molecule has 10 nitrogen and oxygen atoms in total. The van der Waals surface area contributed by atoms with E-state index in [0.29, 0.717) is 36.5 Å². The van der Waals surface area contributed by atoms with Crippen LogP contribution in [0.2, 0.25) is 0 Å². The molecule has 0 spiro atoms. The fraction of sp³-hybridized carbons (Fsp3) is 0.357. The minimum Gasteiger partial charge on any atom is -0.508 e. The molecule has 2 atom stereocenters. The number of phenols is 1. The quantitative estimate of drug-likeness (QED) is 0.402. The van der Waals surface area contributed by atoms with Gasteiger partial charge in [0.05, 0.1) is 25.2 Å². The van der Waals surface area contributed by atoms with Crippen molar-refractivity contribution < 1.29 is 23.8 Å². The number of phenolic OH excluding ortho intramolecular Hbond substituents is 1. The first kappa shape index (κ1) is 25.1. The minimum absolute atomic E-state index is 0.0123. The second kappa shape index (κ2) is 9.19. The van der Waals surface area contributed by atoms with Gasteiger partial charge in [0.2, 0.25) is 0 Å². The van der Waals surface area contributed by atoms with Crippen LogP contribution in [0.1, 0.15) is 27.2 Å². The number of methoxy groups -OCH3 is 1. The highest BCUT2D eigenvalue weighted by molar-refractivity contribution is 5.99. The van der Waals surface area contributed by atoms with Crippen molar-refractivity contribution in [1.82, 2.24) is 25.0 Å². The van der Waals surface area contributed by atoms with Crippen molar-refractivity contribution in [2.45, 2.75) is 38.8 Å². The number of fused-ring (bicyclic) bond motifs is 4. The fourth-order valence-corrected chi connectivity index (χ4v) is 5.33. The average Bonchev–Trinajstić information content (AvgIpc) is 3.16. The third-order valence-electron chi connectivity index (χ3n) is 6.94. The summed E-state index contributed by atoms with van der Waals surface area (Å²) < 4.78 is 27.2. The van der Waals surface area contributed by atoms with Gasteiger partial charge >= 0.3 is 12.1 Å². The highest BCUT2D eigenvalue weighted by Crippen LogP contribution is 2.38. The van der Waals surface area contributed by atoms with E-state index in [1.165, 1.54) is 13.2 Å². The molecule has 202 valence electrons. The van der Waals surface area contributed by atoms with Gasteiger partial charge in [0, 0.05) is 24.8 Å². The number of ether oxygens (including phenoxy) is 2. The van der Waals surface area contributed by atoms with Gasteiger partial charge in [-0.3, -0.25) is 4.98 Å². The lowest BCUT2D eigenvalue weighted by molar-refractivity contribution is -0.0503. The van der Waals surface area contributed by atoms with Crippen molar-refractivity contribution in [3.05, 3.63) is 48.4 Å². The van der Waals surface area contributed by atoms with Crippen LogP contribution in [0.15, 0.2) is 42.6 Å². The van der Waals surface area contributed by atoms with E-state index in [9.17, 15) is 9.90 Å². The van der Waals surface area contributed by atoms with Crippen molar-refractivity contribution >= 4 is 33.6 Å². The predicted octanol–water partition coefficient (Wildman–Crippen LogP) is 4.70. The second-order valence-electron chi connectivity index (χ2n) is 10.8. The first-order valence-corrected chi connectivity index (χ1v) is 12.8. The first-order chi connectivity index (χ1) is 18.6. The van der Waals surface area contributed by atoms with Crippen molar-refractivity contribution in [2.75, 3.05) is 31.8 Å². The van der Waals surface area contributed by atoms with Crippen molar-refractivity contribution in [3.8, 4) is 23.0 Å². The van der Waals surface area contributed by atoms with Crippen molar-refractivity contribution in [1.29, 1.82) is 0 Å². The summed E-state index contributed by atoms with van der Waals surface area (Å²) in [5.41, 5.74) is -0.0161. The molecule has 0 radical (unpaired) electrons. The molecule has 2 bridgehead atoms. The maximum atomic E-state index is 16.2. The molecule has 39 heavy (non-hydrogen) atoms. The maximum Gasteiger partial charge on any atom is 0.425 e. The summed E-state index contributed by atoms with van der Waals surface area (Å²) in [6.07, 6.45) is 1.95. The van der Waals surface area contributed by atoms with Gasteiger partial charge < -0.3 is 19.5 Å². The normalized spacial score (nSPS) is 19.1. The number of nitrogens with zero attached hydrogens (tertiary/aromatic N) is 6. The van der Waals surface area contributed by atoms with Crippen LogP contribution < -0.4 is 9.64 Å². The van der Waals surface area contributed by atoms with Gasteiger partial charge in [-0.15, -0.1) is 0 Å². The summed E-state index contributed by atoms with van der Waals surface area (Å²) in [6, 6.07) is 10.4. The number of pyridine rings is 1. The number of halogens is 1. The molecular formula is C28H29FN6O4. The zero-order chi connectivity index (χ0) is 27.5. The van der Waals surface area contributed by atoms with Crippen LogP contribution >= 0.6 is 0 Å². The fourth-order valence-electron chi connectivity index (χ4n) is 5.33. The largest absolute Gasteiger partial charge is 0.508 e. The molecule has 4 heterocycles. The first-order valence-electron chi connectivity index (χ1n) is 12.8. The van der Waals surface area contributed by atoms with Crippen LogP contribution in [0.25, 0.3) is 32.9 Å². The van der Waals surface area contributed by atoms with Crippen LogP contribution in [0, 0.1) is 5.82 Å². The topological polar surface area (TPSA) is 104 Å². The monoisotopic (exact) mass is 532 g/mol. The molecule has 11 heteroatoms. The molecule has 1 amide bonds. The van der Waals surface area contributed by atoms with Gasteiger partial charge in [0.1, 0.15) is 28.4 Å². The number of aromatic hydroxyl groups is 1. The zero-order valence-corrected chi connectivity index (χ0v) is 22.2. The molecule has 2 aliphatic heterocycles. The Labute approximate surface area is 224 Å². The second-order valence-corrected chi connectivity index (χ2v) is 10.8. The molecule has 1 N–H and O–H groups in total. The lowest BCUT2D eigenvalue weighted by Crippen LogP contribution is -2.59. The molecule has 2 saturated heterocycles. The summed E-state index contributed by atoms with van der Waals surface area (Å²) in [5, 5.41) is 15.8. The van der Waals surface area contributed by atoms with E-state index in [4.69, 9.17) is 9.47 Å². The van der Waals surface area contributed by atoms with Crippen LogP contribution in [-0.4, -0.2) is 74.7 Å². The summed E-state index contributed by atoms with van der Waals surface area (Å²) in [7, 11) is 1.43. The Hall–Kier alpha value is -4.25. The molecule has 2 unspecified atom stereocenters. The lowest BCUT2D eigenvalue weighted by atomic mass is 10.0. The highest BCUT2D eigenvalue weighted by Gasteiger charge is 2.44. The number of aromatic nitrogens is 3. The Balaban J connectivity index is 1.41. The molecule has 2 aliphatic rings. The van der Waals surface area contributed by atoms with Gasteiger partial charge in [-0.1, -0.05) is 24.3 Å². The number of anilines is 1. The van der Waals surface area contributed by atoms with E-state index in [1.54, 1.807) is 17.3 Å². The van der Waals surface area contributed by atoms with E-state index >= 15 is 4.39 Å². The van der Waals surface area contributed by atoms with Gasteiger partial charge in [-0.05, 0) is 50.1 Å². The lowest BCUT2D eigenvalue weighted by Gasteiger charge is -2.43. The van der Waals surface area contributed by atoms with Crippen LogP contribution in [0.4, 0.5) is 15.0 Å². The average molecular weight is 533 g/mol. The maximum absolute atomic E-state index is 16.2. The Morgan fingerprint density at radius 2 is 1.95 bits per heavy atom. The number of hydrogen-bond acceptors (Lipinski definition) is 9. The number of benzene rings is 2. The number of carbonyl (C=O) groups is 1. The number of hydrazine groups is 1. The third kappa shape index (κ3) is 4.42. The van der Waals surface area contributed by atoms with Crippen LogP contribution in [0.5, 0.6) is 11.8 Å². The Kier molecular flexibility index (Phi) is 5.91. The summed E-state index contributed by atoms with van der Waals surface area (Å²) in [4.78, 5) is 28.3. The molecule has 6 rings (SSSR count). The number of rotatable bonds is 3. The molecular weight excluding hydrogens is 503 g/mol. The number of hydrogen-bond donors (Lipinski definition) is 1. The van der Waals surface area contributed by atoms with Gasteiger partial charge in [0.25, 0.3) is 0 Å². The Morgan fingerprint density at radius 3 is 2.69 bits per heavy atom. The van der Waals surface area contributed by atoms with Crippen molar-refractivity contribution in [2.24, 2.45) is 0 Å². The predicted molar refractivity (Wildman–Crippen MR) is 144 cm³/mol. The van der Waals surface area contributed by atoms with Gasteiger partial charge in [0.15, 0.2) is 5.82 Å². The third-order valence-corrected chi connectivity index (χ3v) is 6.94. The molecule has 0 saturated carbocycles. The highest BCUT2D eigenvalue weighted by atomic mass is 19.1. The SMILES string of the molecule is COc1nc(N2CC3CCN(C2)N3C(=O)OC(C)(C)C)c2cnc(-c3cc(O)cc4ccccc34)c(F)c2n1. The van der Waals surface area contributed by atoms with E-state index in [1.807, 2.05) is 54.9 Å². The summed E-state index contributed by atoms with van der Waals surface area (Å²) in [5.74, 6) is -0.157. The van der Waals surface area contributed by atoms with E-state index in [0.717, 1.165) is 17.2 Å². The molecule has 4 aromatic rings. The Bertz CT molecular complexity index is 1590. The zero-order valence-electron chi connectivity index (χ0n) is 22.2.